The number of H-pyrrole nitrogens is 1. The summed E-state index contributed by atoms with van der Waals surface area (Å²) in [7, 11) is 0. The Morgan fingerprint density at radius 3 is 2.86 bits per heavy atom. The Morgan fingerprint density at radius 1 is 1.18 bits per heavy atom. The van der Waals surface area contributed by atoms with Gasteiger partial charge < -0.3 is 9.72 Å². The van der Waals surface area contributed by atoms with Gasteiger partial charge in [-0.3, -0.25) is 14.9 Å². The highest BCUT2D eigenvalue weighted by Gasteiger charge is 2.16. The lowest BCUT2D eigenvalue weighted by Gasteiger charge is -1.99. The minimum absolute atomic E-state index is 0.0848. The summed E-state index contributed by atoms with van der Waals surface area (Å²) in [5.41, 5.74) is 2.78. The van der Waals surface area contributed by atoms with Crippen molar-refractivity contribution in [3.05, 3.63) is 52.5 Å². The predicted molar refractivity (Wildman–Crippen MR) is 110 cm³/mol. The number of ether oxygens (including phenoxy) is 1. The number of anilines is 1. The number of rotatable bonds is 6. The highest BCUT2D eigenvalue weighted by Crippen LogP contribution is 2.27. The van der Waals surface area contributed by atoms with Crippen LogP contribution in [0.15, 0.2) is 41.1 Å². The summed E-state index contributed by atoms with van der Waals surface area (Å²) in [6.07, 6.45) is 0.0848. The number of carbonyl (C=O) groups excluding carboxylic acids is 2. The number of amides is 1. The van der Waals surface area contributed by atoms with E-state index in [0.29, 0.717) is 23.1 Å². The van der Waals surface area contributed by atoms with Gasteiger partial charge in [-0.1, -0.05) is 18.2 Å². The molecule has 0 fully saturated rings. The lowest BCUT2D eigenvalue weighted by Crippen LogP contribution is -2.12. The van der Waals surface area contributed by atoms with Gasteiger partial charge in [0.1, 0.15) is 10.7 Å². The van der Waals surface area contributed by atoms with E-state index in [2.05, 4.69) is 20.3 Å². The van der Waals surface area contributed by atoms with E-state index >= 15 is 0 Å². The molecule has 0 bridgehead atoms. The first-order valence-electron chi connectivity index (χ1n) is 8.57. The largest absolute Gasteiger partial charge is 0.466 e. The molecular formula is C19H16N4O3S2. The van der Waals surface area contributed by atoms with Gasteiger partial charge in [-0.2, -0.15) is 0 Å². The fourth-order valence-electron chi connectivity index (χ4n) is 2.66. The molecule has 0 radical (unpaired) electrons. The van der Waals surface area contributed by atoms with Crippen molar-refractivity contribution >= 4 is 50.6 Å². The summed E-state index contributed by atoms with van der Waals surface area (Å²) >= 11 is 2.65. The Bertz CT molecular complexity index is 1110. The molecule has 0 aliphatic rings. The van der Waals surface area contributed by atoms with Gasteiger partial charge in [0.05, 0.1) is 24.4 Å². The molecule has 28 heavy (non-hydrogen) atoms. The first kappa shape index (κ1) is 18.3. The number of thiazole rings is 2. The number of hydrogen-bond donors (Lipinski definition) is 2. The molecule has 142 valence electrons. The van der Waals surface area contributed by atoms with Crippen LogP contribution in [-0.2, 0) is 16.0 Å². The average molecular weight is 412 g/mol. The van der Waals surface area contributed by atoms with Gasteiger partial charge in [0, 0.05) is 21.7 Å². The summed E-state index contributed by atoms with van der Waals surface area (Å²) < 4.78 is 4.90. The SMILES string of the molecule is CCOC(=O)Cc1csc(NC(=O)c2csc(-c3cc4ccccc4[nH]3)n2)n1. The first-order valence-corrected chi connectivity index (χ1v) is 10.3. The first-order chi connectivity index (χ1) is 13.6. The molecule has 7 nitrogen and oxygen atoms in total. The average Bonchev–Trinajstić information content (AvgIpc) is 3.40. The summed E-state index contributed by atoms with van der Waals surface area (Å²) in [6, 6.07) is 9.97. The van der Waals surface area contributed by atoms with Crippen molar-refractivity contribution in [2.75, 3.05) is 11.9 Å². The van der Waals surface area contributed by atoms with Crippen LogP contribution in [0.3, 0.4) is 0 Å². The number of aromatic nitrogens is 3. The maximum absolute atomic E-state index is 12.5. The number of esters is 1. The number of nitrogens with one attached hydrogen (secondary N) is 2. The van der Waals surface area contributed by atoms with Crippen molar-refractivity contribution in [1.82, 2.24) is 15.0 Å². The highest BCUT2D eigenvalue weighted by atomic mass is 32.1. The van der Waals surface area contributed by atoms with E-state index in [1.165, 1.54) is 22.7 Å². The number of nitrogens with zero attached hydrogens (tertiary/aromatic N) is 2. The Kier molecular flexibility index (Phi) is 5.18. The monoisotopic (exact) mass is 412 g/mol. The molecule has 3 aromatic heterocycles. The van der Waals surface area contributed by atoms with Gasteiger partial charge >= 0.3 is 5.97 Å². The molecule has 9 heteroatoms. The Morgan fingerprint density at radius 2 is 2.04 bits per heavy atom. The van der Waals surface area contributed by atoms with Gasteiger partial charge in [0.2, 0.25) is 0 Å². The molecule has 0 aliphatic carbocycles. The molecule has 0 spiro atoms. The van der Waals surface area contributed by atoms with Gasteiger partial charge in [-0.05, 0) is 19.1 Å². The molecule has 0 saturated carbocycles. The normalized spacial score (nSPS) is 10.9. The maximum atomic E-state index is 12.5. The van der Waals surface area contributed by atoms with Crippen LogP contribution in [0.1, 0.15) is 23.1 Å². The minimum Gasteiger partial charge on any atom is -0.466 e. The molecule has 3 heterocycles. The van der Waals surface area contributed by atoms with E-state index in [-0.39, 0.29) is 18.3 Å². The topological polar surface area (TPSA) is 97.0 Å². The van der Waals surface area contributed by atoms with Crippen LogP contribution in [0.2, 0.25) is 0 Å². The number of hydrogen-bond acceptors (Lipinski definition) is 7. The Labute approximate surface area is 168 Å². The van der Waals surface area contributed by atoms with Gasteiger partial charge in [-0.25, -0.2) is 9.97 Å². The zero-order valence-electron chi connectivity index (χ0n) is 14.9. The van der Waals surface area contributed by atoms with Crippen LogP contribution in [0.25, 0.3) is 21.6 Å². The molecular weight excluding hydrogens is 396 g/mol. The molecule has 0 atom stereocenters. The number of fused-ring (bicyclic) bond motifs is 1. The van der Waals surface area contributed by atoms with Crippen molar-refractivity contribution in [1.29, 1.82) is 0 Å². The second-order valence-electron chi connectivity index (χ2n) is 5.89. The van der Waals surface area contributed by atoms with E-state index in [0.717, 1.165) is 21.6 Å². The molecule has 1 aromatic carbocycles. The lowest BCUT2D eigenvalue weighted by atomic mass is 10.2. The van der Waals surface area contributed by atoms with Crippen molar-refractivity contribution in [2.45, 2.75) is 13.3 Å². The Balaban J connectivity index is 1.45. The van der Waals surface area contributed by atoms with Crippen LogP contribution in [0.5, 0.6) is 0 Å². The van der Waals surface area contributed by atoms with Gasteiger partial charge in [0.15, 0.2) is 5.13 Å². The summed E-state index contributed by atoms with van der Waals surface area (Å²) in [5.74, 6) is -0.677. The van der Waals surface area contributed by atoms with Crippen LogP contribution >= 0.6 is 22.7 Å². The Hall–Kier alpha value is -3.04. The molecule has 4 aromatic rings. The number of para-hydroxylation sites is 1. The zero-order chi connectivity index (χ0) is 19.5. The lowest BCUT2D eigenvalue weighted by molar-refractivity contribution is -0.142. The van der Waals surface area contributed by atoms with Crippen LogP contribution < -0.4 is 5.32 Å². The van der Waals surface area contributed by atoms with E-state index < -0.39 is 0 Å². The molecule has 0 saturated heterocycles. The van der Waals surface area contributed by atoms with Crippen molar-refractivity contribution in [2.24, 2.45) is 0 Å². The maximum Gasteiger partial charge on any atom is 0.311 e. The predicted octanol–water partition coefficient (Wildman–Crippen LogP) is 4.11. The second-order valence-corrected chi connectivity index (χ2v) is 7.60. The minimum atomic E-state index is -0.340. The quantitative estimate of drug-likeness (QED) is 0.465. The number of aromatic amines is 1. The fourth-order valence-corrected chi connectivity index (χ4v) is 4.13. The third-order valence-electron chi connectivity index (χ3n) is 3.90. The molecule has 2 N–H and O–H groups in total. The zero-order valence-corrected chi connectivity index (χ0v) is 16.5. The number of benzene rings is 1. The van der Waals surface area contributed by atoms with Gasteiger partial charge in [0.25, 0.3) is 5.91 Å². The van der Waals surface area contributed by atoms with E-state index in [4.69, 9.17) is 4.74 Å². The van der Waals surface area contributed by atoms with Crippen molar-refractivity contribution in [3.63, 3.8) is 0 Å². The van der Waals surface area contributed by atoms with Crippen molar-refractivity contribution < 1.29 is 14.3 Å². The third kappa shape index (κ3) is 3.95. The van der Waals surface area contributed by atoms with Crippen molar-refractivity contribution in [3.8, 4) is 10.7 Å². The van der Waals surface area contributed by atoms with Crippen LogP contribution in [0.4, 0.5) is 5.13 Å². The van der Waals surface area contributed by atoms with Gasteiger partial charge in [-0.15, -0.1) is 22.7 Å². The highest BCUT2D eigenvalue weighted by molar-refractivity contribution is 7.14. The van der Waals surface area contributed by atoms with Crippen LogP contribution in [0, 0.1) is 0 Å². The molecule has 0 unspecified atom stereocenters. The molecule has 1 amide bonds. The third-order valence-corrected chi connectivity index (χ3v) is 5.58. The fraction of sp³-hybridized carbons (Fsp3) is 0.158. The number of carbonyl (C=O) groups is 2. The van der Waals surface area contributed by atoms with E-state index in [9.17, 15) is 9.59 Å². The van der Waals surface area contributed by atoms with Crippen LogP contribution in [-0.4, -0.2) is 33.4 Å². The smallest absolute Gasteiger partial charge is 0.311 e. The molecule has 0 aliphatic heterocycles. The summed E-state index contributed by atoms with van der Waals surface area (Å²) in [4.78, 5) is 36.0. The summed E-state index contributed by atoms with van der Waals surface area (Å²) in [5, 5.41) is 8.42. The second kappa shape index (κ2) is 7.91. The standard InChI is InChI=1S/C19H16N4O3S2/c1-2-26-16(24)8-12-9-28-19(20-12)23-17(25)15-10-27-18(22-15)14-7-11-5-3-4-6-13(11)21-14/h3-7,9-10,21H,2,8H2,1H3,(H,20,23,25). The molecule has 4 rings (SSSR count). The van der Waals surface area contributed by atoms with E-state index in [1.54, 1.807) is 17.7 Å². The summed E-state index contributed by atoms with van der Waals surface area (Å²) in [6.45, 7) is 2.08. The van der Waals surface area contributed by atoms with E-state index in [1.807, 2.05) is 30.3 Å².